The van der Waals surface area contributed by atoms with E-state index in [0.717, 1.165) is 44.2 Å². The van der Waals surface area contributed by atoms with E-state index in [2.05, 4.69) is 22.5 Å². The van der Waals surface area contributed by atoms with Gasteiger partial charge < -0.3 is 24.5 Å². The van der Waals surface area contributed by atoms with E-state index in [9.17, 15) is 0 Å². The molecule has 0 amide bonds. The summed E-state index contributed by atoms with van der Waals surface area (Å²) < 4.78 is 15.6. The first-order chi connectivity index (χ1) is 10.4. The molecule has 6 nitrogen and oxygen atoms in total. The molecule has 0 unspecified atom stereocenters. The fraction of sp³-hybridized carbons (Fsp3) is 0.667. The van der Waals surface area contributed by atoms with Crippen LogP contribution in [0.2, 0.25) is 0 Å². The van der Waals surface area contributed by atoms with Gasteiger partial charge in [0.05, 0.1) is 19.5 Å². The van der Waals surface area contributed by atoms with Crippen molar-refractivity contribution in [1.82, 2.24) is 10.6 Å². The predicted octanol–water partition coefficient (Wildman–Crippen LogP) is 1.43. The zero-order valence-corrected chi connectivity index (χ0v) is 13.1. The first-order valence-electron chi connectivity index (χ1n) is 7.48. The summed E-state index contributed by atoms with van der Waals surface area (Å²) in [5, 5.41) is 6.51. The van der Waals surface area contributed by atoms with Crippen LogP contribution in [0.25, 0.3) is 0 Å². The number of rotatable bonds is 11. The second kappa shape index (κ2) is 12.2. The van der Waals surface area contributed by atoms with E-state index >= 15 is 0 Å². The SMILES string of the molecule is CCNC(=NCCCOCCOC)NCCc1ccco1. The van der Waals surface area contributed by atoms with Crippen LogP contribution in [0.3, 0.4) is 0 Å². The van der Waals surface area contributed by atoms with Crippen LogP contribution in [0.5, 0.6) is 0 Å². The number of hydrogen-bond donors (Lipinski definition) is 2. The summed E-state index contributed by atoms with van der Waals surface area (Å²) >= 11 is 0. The molecule has 0 fully saturated rings. The molecule has 0 aliphatic carbocycles. The zero-order chi connectivity index (χ0) is 15.2. The van der Waals surface area contributed by atoms with Gasteiger partial charge in [-0.2, -0.15) is 0 Å². The molecular formula is C15H27N3O3. The monoisotopic (exact) mass is 297 g/mol. The van der Waals surface area contributed by atoms with Crippen molar-refractivity contribution in [3.05, 3.63) is 24.2 Å². The molecule has 1 aromatic rings. The molecular weight excluding hydrogens is 270 g/mol. The Balaban J connectivity index is 2.13. The second-order valence-electron chi connectivity index (χ2n) is 4.48. The largest absolute Gasteiger partial charge is 0.469 e. The molecule has 0 bridgehead atoms. The molecule has 0 spiro atoms. The Labute approximate surface area is 126 Å². The molecule has 1 rings (SSSR count). The molecule has 0 aliphatic rings. The van der Waals surface area contributed by atoms with Crippen molar-refractivity contribution in [2.45, 2.75) is 19.8 Å². The van der Waals surface area contributed by atoms with Gasteiger partial charge in [0.2, 0.25) is 0 Å². The molecule has 0 atom stereocenters. The first kappa shape index (κ1) is 17.5. The lowest BCUT2D eigenvalue weighted by atomic mass is 10.3. The summed E-state index contributed by atoms with van der Waals surface area (Å²) in [4.78, 5) is 4.50. The maximum Gasteiger partial charge on any atom is 0.191 e. The lowest BCUT2D eigenvalue weighted by Crippen LogP contribution is -2.38. The molecule has 120 valence electrons. The molecule has 0 radical (unpaired) electrons. The third-order valence-corrected chi connectivity index (χ3v) is 2.74. The van der Waals surface area contributed by atoms with Crippen molar-refractivity contribution in [2.24, 2.45) is 4.99 Å². The van der Waals surface area contributed by atoms with Crippen molar-refractivity contribution in [3.63, 3.8) is 0 Å². The summed E-state index contributed by atoms with van der Waals surface area (Å²) in [6.07, 6.45) is 3.44. The van der Waals surface area contributed by atoms with Gasteiger partial charge in [0.1, 0.15) is 5.76 Å². The maximum absolute atomic E-state index is 5.40. The highest BCUT2D eigenvalue weighted by molar-refractivity contribution is 5.79. The van der Waals surface area contributed by atoms with Gasteiger partial charge in [-0.05, 0) is 25.5 Å². The lowest BCUT2D eigenvalue weighted by Gasteiger charge is -2.10. The maximum atomic E-state index is 5.40. The van der Waals surface area contributed by atoms with Gasteiger partial charge in [0.25, 0.3) is 0 Å². The van der Waals surface area contributed by atoms with Crippen LogP contribution in [-0.2, 0) is 15.9 Å². The minimum Gasteiger partial charge on any atom is -0.469 e. The van der Waals surface area contributed by atoms with Crippen molar-refractivity contribution in [2.75, 3.05) is 46.6 Å². The Morgan fingerprint density at radius 2 is 2.19 bits per heavy atom. The Kier molecular flexibility index (Phi) is 10.2. The number of furan rings is 1. The summed E-state index contributed by atoms with van der Waals surface area (Å²) in [7, 11) is 1.67. The summed E-state index contributed by atoms with van der Waals surface area (Å²) in [6.45, 7) is 6.42. The number of methoxy groups -OCH3 is 1. The number of hydrogen-bond acceptors (Lipinski definition) is 4. The van der Waals surface area contributed by atoms with Gasteiger partial charge in [0, 0.05) is 39.8 Å². The molecule has 1 heterocycles. The predicted molar refractivity (Wildman–Crippen MR) is 83.7 cm³/mol. The Bertz CT molecular complexity index is 366. The van der Waals surface area contributed by atoms with Gasteiger partial charge in [-0.15, -0.1) is 0 Å². The zero-order valence-electron chi connectivity index (χ0n) is 13.1. The first-order valence-corrected chi connectivity index (χ1v) is 7.48. The Morgan fingerprint density at radius 1 is 1.29 bits per heavy atom. The van der Waals surface area contributed by atoms with Crippen LogP contribution in [0.15, 0.2) is 27.8 Å². The van der Waals surface area contributed by atoms with Crippen LogP contribution in [0.4, 0.5) is 0 Å². The van der Waals surface area contributed by atoms with Crippen molar-refractivity contribution >= 4 is 5.96 Å². The molecule has 2 N–H and O–H groups in total. The van der Waals surface area contributed by atoms with E-state index in [-0.39, 0.29) is 0 Å². The normalized spacial score (nSPS) is 11.6. The summed E-state index contributed by atoms with van der Waals surface area (Å²) in [6, 6.07) is 3.88. The number of aliphatic imine (C=N–C) groups is 1. The minimum atomic E-state index is 0.639. The smallest absolute Gasteiger partial charge is 0.191 e. The van der Waals surface area contributed by atoms with E-state index in [0.29, 0.717) is 19.8 Å². The fourth-order valence-electron chi connectivity index (χ4n) is 1.70. The Morgan fingerprint density at radius 3 is 2.90 bits per heavy atom. The quantitative estimate of drug-likeness (QED) is 0.367. The third kappa shape index (κ3) is 9.10. The van der Waals surface area contributed by atoms with E-state index in [1.165, 1.54) is 0 Å². The Hall–Kier alpha value is -1.53. The lowest BCUT2D eigenvalue weighted by molar-refractivity contribution is 0.0702. The van der Waals surface area contributed by atoms with Crippen molar-refractivity contribution in [1.29, 1.82) is 0 Å². The van der Waals surface area contributed by atoms with Crippen LogP contribution in [-0.4, -0.2) is 52.5 Å². The van der Waals surface area contributed by atoms with Gasteiger partial charge in [-0.3, -0.25) is 4.99 Å². The minimum absolute atomic E-state index is 0.639. The highest BCUT2D eigenvalue weighted by atomic mass is 16.5. The van der Waals surface area contributed by atoms with Gasteiger partial charge >= 0.3 is 0 Å². The van der Waals surface area contributed by atoms with E-state index in [1.807, 2.05) is 12.1 Å². The molecule has 0 aliphatic heterocycles. The molecule has 0 saturated heterocycles. The van der Waals surface area contributed by atoms with Gasteiger partial charge in [-0.25, -0.2) is 0 Å². The van der Waals surface area contributed by atoms with Crippen molar-refractivity contribution in [3.8, 4) is 0 Å². The molecule has 0 aromatic carbocycles. The van der Waals surface area contributed by atoms with Crippen LogP contribution in [0.1, 0.15) is 19.1 Å². The average Bonchev–Trinajstić information content (AvgIpc) is 2.99. The summed E-state index contributed by atoms with van der Waals surface area (Å²) in [5.41, 5.74) is 0. The molecule has 6 heteroatoms. The standard InChI is InChI=1S/C15H27N3O3/c1-3-16-15(17-8-5-10-20-13-12-19-2)18-9-7-14-6-4-11-21-14/h4,6,11H,3,5,7-10,12-13H2,1-2H3,(H2,16,17,18). The van der Waals surface area contributed by atoms with Crippen LogP contribution in [0, 0.1) is 0 Å². The van der Waals surface area contributed by atoms with Gasteiger partial charge in [0.15, 0.2) is 5.96 Å². The molecule has 0 saturated carbocycles. The molecule has 21 heavy (non-hydrogen) atoms. The average molecular weight is 297 g/mol. The number of nitrogens with zero attached hydrogens (tertiary/aromatic N) is 1. The number of nitrogens with one attached hydrogen (secondary N) is 2. The summed E-state index contributed by atoms with van der Waals surface area (Å²) in [5.74, 6) is 1.81. The van der Waals surface area contributed by atoms with Crippen molar-refractivity contribution < 1.29 is 13.9 Å². The highest BCUT2D eigenvalue weighted by Gasteiger charge is 1.99. The van der Waals surface area contributed by atoms with Crippen LogP contribution >= 0.6 is 0 Å². The van der Waals surface area contributed by atoms with E-state index < -0.39 is 0 Å². The van der Waals surface area contributed by atoms with E-state index in [4.69, 9.17) is 13.9 Å². The number of ether oxygens (including phenoxy) is 2. The van der Waals surface area contributed by atoms with Crippen LogP contribution < -0.4 is 10.6 Å². The number of guanidine groups is 1. The highest BCUT2D eigenvalue weighted by Crippen LogP contribution is 1.99. The second-order valence-corrected chi connectivity index (χ2v) is 4.48. The molecule has 1 aromatic heterocycles. The van der Waals surface area contributed by atoms with Gasteiger partial charge in [-0.1, -0.05) is 0 Å². The van der Waals surface area contributed by atoms with E-state index in [1.54, 1.807) is 13.4 Å². The fourth-order valence-corrected chi connectivity index (χ4v) is 1.70. The topological polar surface area (TPSA) is 68.0 Å². The third-order valence-electron chi connectivity index (χ3n) is 2.74.